The van der Waals surface area contributed by atoms with Crippen molar-refractivity contribution in [3.8, 4) is 11.5 Å². The van der Waals surface area contributed by atoms with E-state index in [0.717, 1.165) is 37.4 Å². The lowest BCUT2D eigenvalue weighted by molar-refractivity contribution is -0.134. The van der Waals surface area contributed by atoms with E-state index in [9.17, 15) is 4.79 Å². The van der Waals surface area contributed by atoms with Crippen LogP contribution in [-0.4, -0.2) is 37.1 Å². The Morgan fingerprint density at radius 2 is 1.89 bits per heavy atom. The third-order valence-corrected chi connectivity index (χ3v) is 3.15. The lowest BCUT2D eigenvalue weighted by Gasteiger charge is -2.30. The van der Waals surface area contributed by atoms with E-state index in [4.69, 9.17) is 9.47 Å². The fourth-order valence-corrected chi connectivity index (χ4v) is 1.97. The number of para-hydroxylation sites is 2. The molecule has 1 aromatic carbocycles. The van der Waals surface area contributed by atoms with E-state index in [1.54, 1.807) is 0 Å². The number of hydrogen-bond acceptors (Lipinski definition) is 3. The van der Waals surface area contributed by atoms with Crippen molar-refractivity contribution in [1.29, 1.82) is 0 Å². The standard InChI is InChI=1S/C15H21NO3/c1-2-18-13-7-3-4-8-14(13)19-12-5-9-15(17)16-10-6-11-16/h3-4,7-8H,2,5-6,9-12H2,1H3. The first-order valence-corrected chi connectivity index (χ1v) is 6.93. The Kier molecular flexibility index (Phi) is 5.07. The van der Waals surface area contributed by atoms with Crippen LogP contribution in [0.4, 0.5) is 0 Å². The van der Waals surface area contributed by atoms with Crippen LogP contribution in [-0.2, 0) is 4.79 Å². The van der Waals surface area contributed by atoms with Crippen molar-refractivity contribution in [2.24, 2.45) is 0 Å². The summed E-state index contributed by atoms with van der Waals surface area (Å²) in [6.07, 6.45) is 2.45. The van der Waals surface area contributed by atoms with E-state index < -0.39 is 0 Å². The van der Waals surface area contributed by atoms with Crippen LogP contribution in [0.25, 0.3) is 0 Å². The molecule has 19 heavy (non-hydrogen) atoms. The average Bonchev–Trinajstić information content (AvgIpc) is 2.34. The van der Waals surface area contributed by atoms with Crippen molar-refractivity contribution in [3.05, 3.63) is 24.3 Å². The van der Waals surface area contributed by atoms with Gasteiger partial charge in [0.05, 0.1) is 13.2 Å². The van der Waals surface area contributed by atoms with Gasteiger partial charge in [-0.25, -0.2) is 0 Å². The second-order valence-electron chi connectivity index (χ2n) is 4.57. The average molecular weight is 263 g/mol. The van der Waals surface area contributed by atoms with Crippen LogP contribution >= 0.6 is 0 Å². The maximum absolute atomic E-state index is 11.7. The Hall–Kier alpha value is -1.71. The lowest BCUT2D eigenvalue weighted by atomic mass is 10.2. The monoisotopic (exact) mass is 263 g/mol. The first kappa shape index (κ1) is 13.7. The maximum atomic E-state index is 11.7. The van der Waals surface area contributed by atoms with Gasteiger partial charge in [0.2, 0.25) is 5.91 Å². The summed E-state index contributed by atoms with van der Waals surface area (Å²) in [5.74, 6) is 1.76. The Balaban J connectivity index is 1.71. The molecule has 0 saturated carbocycles. The van der Waals surface area contributed by atoms with Gasteiger partial charge in [0.25, 0.3) is 0 Å². The summed E-state index contributed by atoms with van der Waals surface area (Å²) in [6.45, 7) is 4.96. The largest absolute Gasteiger partial charge is 0.490 e. The van der Waals surface area contributed by atoms with Gasteiger partial charge in [-0.3, -0.25) is 4.79 Å². The summed E-state index contributed by atoms with van der Waals surface area (Å²) in [7, 11) is 0. The summed E-state index contributed by atoms with van der Waals surface area (Å²) < 4.78 is 11.2. The molecule has 0 unspecified atom stereocenters. The minimum absolute atomic E-state index is 0.243. The Bertz CT molecular complexity index is 416. The molecule has 0 N–H and O–H groups in total. The molecule has 1 saturated heterocycles. The summed E-state index contributed by atoms with van der Waals surface area (Å²) in [5, 5.41) is 0. The molecule has 4 nitrogen and oxygen atoms in total. The third-order valence-electron chi connectivity index (χ3n) is 3.15. The summed E-state index contributed by atoms with van der Waals surface area (Å²) in [4.78, 5) is 13.5. The van der Waals surface area contributed by atoms with Crippen LogP contribution in [0.2, 0.25) is 0 Å². The predicted octanol–water partition coefficient (Wildman–Crippen LogP) is 2.48. The van der Waals surface area contributed by atoms with E-state index in [1.807, 2.05) is 36.1 Å². The van der Waals surface area contributed by atoms with Crippen molar-refractivity contribution in [3.63, 3.8) is 0 Å². The second-order valence-corrected chi connectivity index (χ2v) is 4.57. The number of carbonyl (C=O) groups is 1. The maximum Gasteiger partial charge on any atom is 0.222 e. The molecule has 1 aliphatic rings. The third kappa shape index (κ3) is 3.88. The molecular weight excluding hydrogens is 242 g/mol. The van der Waals surface area contributed by atoms with Crippen LogP contribution in [0.3, 0.4) is 0 Å². The van der Waals surface area contributed by atoms with Crippen molar-refractivity contribution in [2.45, 2.75) is 26.2 Å². The molecular formula is C15H21NO3. The Morgan fingerprint density at radius 1 is 1.21 bits per heavy atom. The lowest BCUT2D eigenvalue weighted by Crippen LogP contribution is -2.42. The van der Waals surface area contributed by atoms with Gasteiger partial charge in [-0.2, -0.15) is 0 Å². The molecule has 0 bridgehead atoms. The first-order chi connectivity index (χ1) is 9.31. The van der Waals surface area contributed by atoms with Crippen molar-refractivity contribution >= 4 is 5.91 Å². The highest BCUT2D eigenvalue weighted by molar-refractivity contribution is 5.76. The first-order valence-electron chi connectivity index (χ1n) is 6.93. The summed E-state index contributed by atoms with van der Waals surface area (Å²) in [5.41, 5.74) is 0. The van der Waals surface area contributed by atoms with E-state index in [0.29, 0.717) is 19.6 Å². The molecule has 0 aromatic heterocycles. The quantitative estimate of drug-likeness (QED) is 0.709. The van der Waals surface area contributed by atoms with Crippen molar-refractivity contribution in [2.75, 3.05) is 26.3 Å². The van der Waals surface area contributed by atoms with Crippen molar-refractivity contribution in [1.82, 2.24) is 4.90 Å². The van der Waals surface area contributed by atoms with Gasteiger partial charge < -0.3 is 14.4 Å². The number of amides is 1. The molecule has 0 atom stereocenters. The van der Waals surface area contributed by atoms with Gasteiger partial charge in [-0.15, -0.1) is 0 Å². The molecule has 0 radical (unpaired) electrons. The number of carbonyl (C=O) groups excluding carboxylic acids is 1. The zero-order valence-corrected chi connectivity index (χ0v) is 11.4. The number of ether oxygens (including phenoxy) is 2. The van der Waals surface area contributed by atoms with Crippen LogP contribution in [0.1, 0.15) is 26.2 Å². The molecule has 4 heteroatoms. The molecule has 0 spiro atoms. The molecule has 1 heterocycles. The number of likely N-dealkylation sites (tertiary alicyclic amines) is 1. The SMILES string of the molecule is CCOc1ccccc1OCCCC(=O)N1CCC1. The smallest absolute Gasteiger partial charge is 0.222 e. The Morgan fingerprint density at radius 3 is 2.47 bits per heavy atom. The molecule has 1 aromatic rings. The van der Waals surface area contributed by atoms with Gasteiger partial charge in [0.15, 0.2) is 11.5 Å². The predicted molar refractivity (Wildman–Crippen MR) is 73.5 cm³/mol. The van der Waals surface area contributed by atoms with Gasteiger partial charge >= 0.3 is 0 Å². The topological polar surface area (TPSA) is 38.8 Å². The molecule has 104 valence electrons. The van der Waals surface area contributed by atoms with Gasteiger partial charge in [0.1, 0.15) is 0 Å². The number of hydrogen-bond donors (Lipinski definition) is 0. The van der Waals surface area contributed by atoms with Crippen molar-refractivity contribution < 1.29 is 14.3 Å². The van der Waals surface area contributed by atoms with Crippen LogP contribution in [0, 0.1) is 0 Å². The molecule has 0 aliphatic carbocycles. The van der Waals surface area contributed by atoms with E-state index in [2.05, 4.69) is 0 Å². The highest BCUT2D eigenvalue weighted by Crippen LogP contribution is 2.26. The zero-order chi connectivity index (χ0) is 13.5. The van der Waals surface area contributed by atoms with E-state index in [1.165, 1.54) is 0 Å². The highest BCUT2D eigenvalue weighted by atomic mass is 16.5. The van der Waals surface area contributed by atoms with E-state index in [-0.39, 0.29) is 5.91 Å². The fraction of sp³-hybridized carbons (Fsp3) is 0.533. The van der Waals surface area contributed by atoms with Crippen LogP contribution in [0.15, 0.2) is 24.3 Å². The minimum Gasteiger partial charge on any atom is -0.490 e. The number of benzene rings is 1. The number of nitrogens with zero attached hydrogens (tertiary/aromatic N) is 1. The highest BCUT2D eigenvalue weighted by Gasteiger charge is 2.19. The molecule has 1 amide bonds. The van der Waals surface area contributed by atoms with Gasteiger partial charge in [-0.1, -0.05) is 12.1 Å². The number of rotatable bonds is 7. The van der Waals surface area contributed by atoms with Crippen LogP contribution < -0.4 is 9.47 Å². The molecule has 2 rings (SSSR count). The molecule has 1 aliphatic heterocycles. The summed E-state index contributed by atoms with van der Waals surface area (Å²) >= 11 is 0. The summed E-state index contributed by atoms with van der Waals surface area (Å²) in [6, 6.07) is 7.63. The zero-order valence-electron chi connectivity index (χ0n) is 11.4. The van der Waals surface area contributed by atoms with Gasteiger partial charge in [0, 0.05) is 19.5 Å². The second kappa shape index (κ2) is 7.02. The minimum atomic E-state index is 0.243. The Labute approximate surface area is 114 Å². The van der Waals surface area contributed by atoms with E-state index >= 15 is 0 Å². The normalized spacial score (nSPS) is 13.8. The van der Waals surface area contributed by atoms with Crippen LogP contribution in [0.5, 0.6) is 11.5 Å². The fourth-order valence-electron chi connectivity index (χ4n) is 1.97. The van der Waals surface area contributed by atoms with Gasteiger partial charge in [-0.05, 0) is 31.9 Å². The molecule has 1 fully saturated rings.